The summed E-state index contributed by atoms with van der Waals surface area (Å²) in [6, 6.07) is 11.1. The van der Waals surface area contributed by atoms with Crippen molar-refractivity contribution in [3.05, 3.63) is 72.1 Å². The summed E-state index contributed by atoms with van der Waals surface area (Å²) in [5.41, 5.74) is 1.50. The molecule has 4 rings (SSSR count). The highest BCUT2D eigenvalue weighted by atomic mass is 16.2. The smallest absolute Gasteiger partial charge is 0.255 e. The van der Waals surface area contributed by atoms with Gasteiger partial charge in [-0.15, -0.1) is 0 Å². The lowest BCUT2D eigenvalue weighted by atomic mass is 10.1. The van der Waals surface area contributed by atoms with E-state index in [4.69, 9.17) is 0 Å². The number of anilines is 2. The number of carbonyl (C=O) groups is 1. The van der Waals surface area contributed by atoms with E-state index in [0.29, 0.717) is 24.5 Å². The molecule has 136 valence electrons. The van der Waals surface area contributed by atoms with Gasteiger partial charge in [0.1, 0.15) is 17.5 Å². The highest BCUT2D eigenvalue weighted by Crippen LogP contribution is 2.27. The molecule has 0 bridgehead atoms. The van der Waals surface area contributed by atoms with E-state index in [1.54, 1.807) is 30.7 Å². The third-order valence-electron chi connectivity index (χ3n) is 4.54. The maximum absolute atomic E-state index is 12.6. The van der Waals surface area contributed by atoms with E-state index in [0.717, 1.165) is 23.8 Å². The van der Waals surface area contributed by atoms with Crippen LogP contribution in [0.5, 0.6) is 0 Å². The molecular formula is C20H20N6O. The first-order valence-electron chi connectivity index (χ1n) is 8.92. The fourth-order valence-electron chi connectivity index (χ4n) is 3.23. The number of aryl methyl sites for hydroxylation is 1. The number of nitrogens with zero attached hydrogens (tertiary/aromatic N) is 5. The standard InChI is InChI=1S/C20H20N6O/c1-14-11-18(24-17-6-2-3-9-22-17)25-19(23-14)16-7-10-26(13-16)20(27)15-5-4-8-21-12-15/h2-6,8-9,11-12,16H,7,10,13H2,1H3,(H,22,23,24,25)/t16-/m1/s1. The molecule has 0 radical (unpaired) electrons. The quantitative estimate of drug-likeness (QED) is 0.770. The number of nitrogens with one attached hydrogen (secondary N) is 1. The molecule has 7 heteroatoms. The van der Waals surface area contributed by atoms with Gasteiger partial charge < -0.3 is 10.2 Å². The molecule has 7 nitrogen and oxygen atoms in total. The Kier molecular flexibility index (Phi) is 4.74. The third kappa shape index (κ3) is 3.92. The van der Waals surface area contributed by atoms with Gasteiger partial charge in [0.05, 0.1) is 5.56 Å². The number of pyridine rings is 2. The van der Waals surface area contributed by atoms with Crippen molar-refractivity contribution < 1.29 is 4.79 Å². The first-order chi connectivity index (χ1) is 13.2. The maximum atomic E-state index is 12.6. The molecule has 3 aromatic heterocycles. The molecule has 0 aromatic carbocycles. The third-order valence-corrected chi connectivity index (χ3v) is 4.54. The van der Waals surface area contributed by atoms with Crippen LogP contribution in [0.2, 0.25) is 0 Å². The van der Waals surface area contributed by atoms with E-state index in [-0.39, 0.29) is 11.8 Å². The zero-order valence-electron chi connectivity index (χ0n) is 15.0. The molecule has 0 spiro atoms. The van der Waals surface area contributed by atoms with E-state index in [1.807, 2.05) is 36.1 Å². The molecule has 0 aliphatic carbocycles. The molecule has 1 atom stereocenters. The summed E-state index contributed by atoms with van der Waals surface area (Å²) in [5, 5.41) is 3.22. The van der Waals surface area contributed by atoms with Crippen LogP contribution in [0.25, 0.3) is 0 Å². The van der Waals surface area contributed by atoms with E-state index in [2.05, 4.69) is 25.3 Å². The Morgan fingerprint density at radius 2 is 2.07 bits per heavy atom. The van der Waals surface area contributed by atoms with E-state index < -0.39 is 0 Å². The molecule has 1 aliphatic heterocycles. The molecular weight excluding hydrogens is 340 g/mol. The Hall–Kier alpha value is -3.35. The second-order valence-corrected chi connectivity index (χ2v) is 6.57. The normalized spacial score (nSPS) is 16.3. The fourth-order valence-corrected chi connectivity index (χ4v) is 3.23. The molecule has 1 aliphatic rings. The Morgan fingerprint density at radius 3 is 2.85 bits per heavy atom. The Morgan fingerprint density at radius 1 is 1.15 bits per heavy atom. The molecule has 0 unspecified atom stereocenters. The molecule has 1 N–H and O–H groups in total. The molecule has 1 fully saturated rings. The molecule has 0 saturated carbocycles. The van der Waals surface area contributed by atoms with Gasteiger partial charge in [0.15, 0.2) is 0 Å². The second-order valence-electron chi connectivity index (χ2n) is 6.57. The summed E-state index contributed by atoms with van der Waals surface area (Å²) >= 11 is 0. The average Bonchev–Trinajstić information content (AvgIpc) is 3.19. The number of amides is 1. The topological polar surface area (TPSA) is 83.9 Å². The summed E-state index contributed by atoms with van der Waals surface area (Å²) in [4.78, 5) is 32.0. The van der Waals surface area contributed by atoms with Crippen LogP contribution < -0.4 is 5.32 Å². The number of likely N-dealkylation sites (tertiary alicyclic amines) is 1. The van der Waals surface area contributed by atoms with Crippen molar-refractivity contribution in [2.45, 2.75) is 19.3 Å². The van der Waals surface area contributed by atoms with Crippen molar-refractivity contribution in [3.8, 4) is 0 Å². The Balaban J connectivity index is 1.50. The van der Waals surface area contributed by atoms with E-state index in [9.17, 15) is 4.79 Å². The lowest BCUT2D eigenvalue weighted by Crippen LogP contribution is -2.28. The number of rotatable bonds is 4. The summed E-state index contributed by atoms with van der Waals surface area (Å²) < 4.78 is 0. The predicted octanol–water partition coefficient (Wildman–Crippen LogP) is 2.95. The highest BCUT2D eigenvalue weighted by molar-refractivity contribution is 5.94. The SMILES string of the molecule is Cc1cc(Nc2ccccn2)nc([C@@H]2CCN(C(=O)c3cccnc3)C2)n1. The Labute approximate surface area is 157 Å². The second kappa shape index (κ2) is 7.49. The van der Waals surface area contributed by atoms with E-state index >= 15 is 0 Å². The first-order valence-corrected chi connectivity index (χ1v) is 8.92. The summed E-state index contributed by atoms with van der Waals surface area (Å²) in [6.07, 6.45) is 5.85. The monoisotopic (exact) mass is 360 g/mol. The number of hydrogen-bond donors (Lipinski definition) is 1. The van der Waals surface area contributed by atoms with Crippen molar-refractivity contribution in [1.29, 1.82) is 0 Å². The predicted molar refractivity (Wildman–Crippen MR) is 102 cm³/mol. The molecule has 3 aromatic rings. The van der Waals surface area contributed by atoms with Gasteiger partial charge in [0, 0.05) is 49.4 Å². The van der Waals surface area contributed by atoms with Crippen LogP contribution in [-0.4, -0.2) is 43.8 Å². The maximum Gasteiger partial charge on any atom is 0.255 e. The van der Waals surface area contributed by atoms with Gasteiger partial charge in [0.2, 0.25) is 0 Å². The minimum atomic E-state index is 0.00471. The van der Waals surface area contributed by atoms with Gasteiger partial charge >= 0.3 is 0 Å². The molecule has 27 heavy (non-hydrogen) atoms. The molecule has 4 heterocycles. The summed E-state index contributed by atoms with van der Waals surface area (Å²) in [7, 11) is 0. The lowest BCUT2D eigenvalue weighted by Gasteiger charge is -2.16. The van der Waals surface area contributed by atoms with Gasteiger partial charge in [0.25, 0.3) is 5.91 Å². The summed E-state index contributed by atoms with van der Waals surface area (Å²) in [5.74, 6) is 2.34. The Bertz CT molecular complexity index is 932. The van der Waals surface area contributed by atoms with Crippen molar-refractivity contribution in [2.75, 3.05) is 18.4 Å². The summed E-state index contributed by atoms with van der Waals surface area (Å²) in [6.45, 7) is 3.25. The number of carbonyl (C=O) groups excluding carboxylic acids is 1. The van der Waals surface area contributed by atoms with Crippen LogP contribution in [0.4, 0.5) is 11.6 Å². The minimum Gasteiger partial charge on any atom is -0.338 e. The van der Waals surface area contributed by atoms with Gasteiger partial charge in [-0.05, 0) is 37.6 Å². The van der Waals surface area contributed by atoms with Crippen molar-refractivity contribution in [2.24, 2.45) is 0 Å². The van der Waals surface area contributed by atoms with Crippen LogP contribution in [0, 0.1) is 6.92 Å². The highest BCUT2D eigenvalue weighted by Gasteiger charge is 2.30. The van der Waals surface area contributed by atoms with Gasteiger partial charge in [-0.3, -0.25) is 9.78 Å². The van der Waals surface area contributed by atoms with Crippen molar-refractivity contribution >= 4 is 17.5 Å². The lowest BCUT2D eigenvalue weighted by molar-refractivity contribution is 0.0790. The van der Waals surface area contributed by atoms with Crippen LogP contribution in [0.1, 0.15) is 34.2 Å². The zero-order valence-corrected chi connectivity index (χ0v) is 15.0. The van der Waals surface area contributed by atoms with Crippen molar-refractivity contribution in [3.63, 3.8) is 0 Å². The van der Waals surface area contributed by atoms with Gasteiger partial charge in [-0.1, -0.05) is 6.07 Å². The fraction of sp³-hybridized carbons (Fsp3) is 0.250. The number of hydrogen-bond acceptors (Lipinski definition) is 6. The minimum absolute atomic E-state index is 0.00471. The van der Waals surface area contributed by atoms with Crippen LogP contribution in [0.3, 0.4) is 0 Å². The largest absolute Gasteiger partial charge is 0.338 e. The molecule has 1 saturated heterocycles. The number of aromatic nitrogens is 4. The van der Waals surface area contributed by atoms with Gasteiger partial charge in [-0.2, -0.15) is 0 Å². The van der Waals surface area contributed by atoms with E-state index in [1.165, 1.54) is 0 Å². The average molecular weight is 360 g/mol. The van der Waals surface area contributed by atoms with Gasteiger partial charge in [-0.25, -0.2) is 15.0 Å². The first kappa shape index (κ1) is 17.1. The van der Waals surface area contributed by atoms with Crippen LogP contribution in [0.15, 0.2) is 55.0 Å². The van der Waals surface area contributed by atoms with Crippen LogP contribution >= 0.6 is 0 Å². The van der Waals surface area contributed by atoms with Crippen LogP contribution in [-0.2, 0) is 0 Å². The zero-order chi connectivity index (χ0) is 18.6. The molecule has 1 amide bonds. The van der Waals surface area contributed by atoms with Crippen molar-refractivity contribution in [1.82, 2.24) is 24.8 Å².